The molecule has 19 heavy (non-hydrogen) atoms. The zero-order valence-corrected chi connectivity index (χ0v) is 11.1. The van der Waals surface area contributed by atoms with Crippen molar-refractivity contribution in [2.75, 3.05) is 0 Å². The Balaban J connectivity index is 2.10. The molecule has 0 bridgehead atoms. The van der Waals surface area contributed by atoms with Gasteiger partial charge in [0.1, 0.15) is 6.10 Å². The van der Waals surface area contributed by atoms with Crippen molar-refractivity contribution in [1.29, 1.82) is 0 Å². The summed E-state index contributed by atoms with van der Waals surface area (Å²) in [4.78, 5) is 6.85. The first kappa shape index (κ1) is 14.4. The molecular weight excluding hydrogens is 281 g/mol. The Morgan fingerprint density at radius 1 is 1.21 bits per heavy atom. The van der Waals surface area contributed by atoms with Crippen LogP contribution in [0.15, 0.2) is 6.07 Å². The Morgan fingerprint density at radius 2 is 1.84 bits per heavy atom. The predicted molar refractivity (Wildman–Crippen MR) is 64.1 cm³/mol. The summed E-state index contributed by atoms with van der Waals surface area (Å²) in [5.41, 5.74) is -1.08. The zero-order chi connectivity index (χ0) is 14.0. The molecule has 106 valence electrons. The van der Waals surface area contributed by atoms with Gasteiger partial charge in [0.05, 0.1) is 0 Å². The van der Waals surface area contributed by atoms with Crippen molar-refractivity contribution >= 4 is 11.6 Å². The molecule has 1 aliphatic rings. The third kappa shape index (κ3) is 3.96. The largest absolute Gasteiger partial charge is 0.474 e. The van der Waals surface area contributed by atoms with Crippen molar-refractivity contribution in [1.82, 2.24) is 9.97 Å². The standard InChI is InChI=1S/C12H14ClF3N2O/c1-7-2-4-8(5-3-7)19-10-6-9(12(14,15)16)17-11(13)18-10/h6-8H,2-5H2,1H3. The molecule has 0 amide bonds. The van der Waals surface area contributed by atoms with Crippen LogP contribution in [-0.2, 0) is 6.18 Å². The molecule has 0 aromatic carbocycles. The lowest BCUT2D eigenvalue weighted by molar-refractivity contribution is -0.141. The Bertz CT molecular complexity index is 445. The van der Waals surface area contributed by atoms with E-state index >= 15 is 0 Å². The van der Waals surface area contributed by atoms with Crippen LogP contribution in [0.3, 0.4) is 0 Å². The molecule has 0 radical (unpaired) electrons. The van der Waals surface area contributed by atoms with Crippen molar-refractivity contribution in [2.45, 2.75) is 44.9 Å². The second kappa shape index (κ2) is 5.53. The Hall–Kier alpha value is -1.04. The molecule has 3 nitrogen and oxygen atoms in total. The van der Waals surface area contributed by atoms with Crippen LogP contribution in [0.1, 0.15) is 38.3 Å². The molecular formula is C12H14ClF3N2O. The van der Waals surface area contributed by atoms with Gasteiger partial charge in [0.2, 0.25) is 11.2 Å². The summed E-state index contributed by atoms with van der Waals surface area (Å²) in [5, 5.41) is -0.450. The van der Waals surface area contributed by atoms with Crippen molar-refractivity contribution in [3.05, 3.63) is 17.0 Å². The van der Waals surface area contributed by atoms with E-state index < -0.39 is 17.2 Å². The van der Waals surface area contributed by atoms with Crippen LogP contribution in [0.2, 0.25) is 5.28 Å². The van der Waals surface area contributed by atoms with Crippen molar-refractivity contribution in [3.63, 3.8) is 0 Å². The van der Waals surface area contributed by atoms with Crippen LogP contribution in [0.5, 0.6) is 5.88 Å². The second-order valence-electron chi connectivity index (χ2n) is 4.86. The molecule has 0 atom stereocenters. The maximum absolute atomic E-state index is 12.6. The van der Waals surface area contributed by atoms with E-state index in [2.05, 4.69) is 16.9 Å². The molecule has 0 aliphatic heterocycles. The fraction of sp³-hybridized carbons (Fsp3) is 0.667. The van der Waals surface area contributed by atoms with Crippen LogP contribution in [0.4, 0.5) is 13.2 Å². The van der Waals surface area contributed by atoms with E-state index in [1.54, 1.807) is 0 Å². The third-order valence-electron chi connectivity index (χ3n) is 3.22. The number of hydrogen-bond donors (Lipinski definition) is 0. The van der Waals surface area contributed by atoms with Gasteiger partial charge in [-0.25, -0.2) is 4.98 Å². The van der Waals surface area contributed by atoms with Crippen molar-refractivity contribution in [3.8, 4) is 5.88 Å². The lowest BCUT2D eigenvalue weighted by Crippen LogP contribution is -2.23. The van der Waals surface area contributed by atoms with Gasteiger partial charge in [0, 0.05) is 6.07 Å². The maximum Gasteiger partial charge on any atom is 0.433 e. The third-order valence-corrected chi connectivity index (χ3v) is 3.39. The van der Waals surface area contributed by atoms with Crippen molar-refractivity contribution in [2.24, 2.45) is 5.92 Å². The zero-order valence-electron chi connectivity index (χ0n) is 10.4. The highest BCUT2D eigenvalue weighted by Gasteiger charge is 2.34. The summed E-state index contributed by atoms with van der Waals surface area (Å²) in [6.45, 7) is 2.15. The van der Waals surface area contributed by atoms with E-state index in [0.29, 0.717) is 5.92 Å². The minimum absolute atomic E-state index is 0.0942. The van der Waals surface area contributed by atoms with Gasteiger partial charge < -0.3 is 4.74 Å². The van der Waals surface area contributed by atoms with E-state index in [9.17, 15) is 13.2 Å². The Kier molecular flexibility index (Phi) is 4.18. The average molecular weight is 295 g/mol. The highest BCUT2D eigenvalue weighted by atomic mass is 35.5. The van der Waals surface area contributed by atoms with Gasteiger partial charge in [-0.1, -0.05) is 6.92 Å². The van der Waals surface area contributed by atoms with Crippen LogP contribution < -0.4 is 4.74 Å². The van der Waals surface area contributed by atoms with E-state index in [1.165, 1.54) is 0 Å². The molecule has 0 unspecified atom stereocenters. The number of aromatic nitrogens is 2. The Morgan fingerprint density at radius 3 is 2.42 bits per heavy atom. The van der Waals surface area contributed by atoms with E-state index in [-0.39, 0.29) is 12.0 Å². The van der Waals surface area contributed by atoms with Gasteiger partial charge in [-0.2, -0.15) is 18.2 Å². The number of ether oxygens (including phenoxy) is 1. The molecule has 1 fully saturated rings. The molecule has 0 saturated heterocycles. The van der Waals surface area contributed by atoms with Gasteiger partial charge in [0.15, 0.2) is 5.69 Å². The van der Waals surface area contributed by atoms with Gasteiger partial charge in [-0.15, -0.1) is 0 Å². The van der Waals surface area contributed by atoms with Crippen LogP contribution in [0.25, 0.3) is 0 Å². The first-order valence-corrected chi connectivity index (χ1v) is 6.51. The first-order valence-electron chi connectivity index (χ1n) is 6.13. The fourth-order valence-corrected chi connectivity index (χ4v) is 2.29. The molecule has 1 aliphatic carbocycles. The highest BCUT2D eigenvalue weighted by molar-refractivity contribution is 6.28. The smallest absolute Gasteiger partial charge is 0.433 e. The molecule has 7 heteroatoms. The van der Waals surface area contributed by atoms with Crippen LogP contribution in [0, 0.1) is 5.92 Å². The number of nitrogens with zero attached hydrogens (tertiary/aromatic N) is 2. The monoisotopic (exact) mass is 294 g/mol. The summed E-state index contributed by atoms with van der Waals surface area (Å²) in [7, 11) is 0. The second-order valence-corrected chi connectivity index (χ2v) is 5.20. The minimum atomic E-state index is -4.55. The number of halogens is 4. The van der Waals surface area contributed by atoms with Crippen LogP contribution >= 0.6 is 11.6 Å². The van der Waals surface area contributed by atoms with E-state index in [1.807, 2.05) is 0 Å². The molecule has 0 spiro atoms. The van der Waals surface area contributed by atoms with Gasteiger partial charge in [-0.05, 0) is 43.2 Å². The molecule has 1 aromatic heterocycles. The molecule has 1 heterocycles. The average Bonchev–Trinajstić information content (AvgIpc) is 2.30. The number of rotatable bonds is 2. The number of alkyl halides is 3. The summed E-state index contributed by atoms with van der Waals surface area (Å²) < 4.78 is 43.2. The summed E-state index contributed by atoms with van der Waals surface area (Å²) in [5.74, 6) is 0.534. The lowest BCUT2D eigenvalue weighted by Gasteiger charge is -2.26. The summed E-state index contributed by atoms with van der Waals surface area (Å²) in [6.07, 6.45) is -0.978. The quantitative estimate of drug-likeness (QED) is 0.770. The molecule has 1 saturated carbocycles. The first-order chi connectivity index (χ1) is 8.84. The molecule has 0 N–H and O–H groups in total. The fourth-order valence-electron chi connectivity index (χ4n) is 2.12. The molecule has 2 rings (SSSR count). The van der Waals surface area contributed by atoms with Crippen LogP contribution in [-0.4, -0.2) is 16.1 Å². The van der Waals surface area contributed by atoms with Gasteiger partial charge in [0.25, 0.3) is 0 Å². The topological polar surface area (TPSA) is 35.0 Å². The highest BCUT2D eigenvalue weighted by Crippen LogP contribution is 2.32. The molecule has 1 aromatic rings. The number of hydrogen-bond acceptors (Lipinski definition) is 3. The lowest BCUT2D eigenvalue weighted by atomic mass is 9.89. The van der Waals surface area contributed by atoms with Gasteiger partial charge in [-0.3, -0.25) is 0 Å². The summed E-state index contributed by atoms with van der Waals surface area (Å²) in [6, 6.07) is 0.796. The predicted octanol–water partition coefficient (Wildman–Crippen LogP) is 4.11. The minimum Gasteiger partial charge on any atom is -0.474 e. The van der Waals surface area contributed by atoms with Crippen molar-refractivity contribution < 1.29 is 17.9 Å². The maximum atomic E-state index is 12.6. The SMILES string of the molecule is CC1CCC(Oc2cc(C(F)(F)F)nc(Cl)n2)CC1. The van der Waals surface area contributed by atoms with E-state index in [4.69, 9.17) is 16.3 Å². The normalized spacial score (nSPS) is 24.3. The van der Waals surface area contributed by atoms with Gasteiger partial charge >= 0.3 is 6.18 Å². The Labute approximate surface area is 114 Å². The summed E-state index contributed by atoms with van der Waals surface area (Å²) >= 11 is 5.49. The van der Waals surface area contributed by atoms with E-state index in [0.717, 1.165) is 31.7 Å².